The molecule has 1 aromatic heterocycles. The lowest BCUT2D eigenvalue weighted by Crippen LogP contribution is -2.42. The van der Waals surface area contributed by atoms with Gasteiger partial charge in [0.15, 0.2) is 9.84 Å². The van der Waals surface area contributed by atoms with Crippen LogP contribution in [0.1, 0.15) is 65.3 Å². The number of ether oxygens (including phenoxy) is 1. The van der Waals surface area contributed by atoms with E-state index in [1.807, 2.05) is 19.9 Å². The maximum absolute atomic E-state index is 12.9. The van der Waals surface area contributed by atoms with Gasteiger partial charge in [-0.15, -0.1) is 0 Å². The second-order valence-corrected chi connectivity index (χ2v) is 10.9. The molecular weight excluding hydrogens is 314 g/mol. The molecule has 1 fully saturated rings. The lowest BCUT2D eigenvalue weighted by molar-refractivity contribution is 0.0979. The van der Waals surface area contributed by atoms with Crippen molar-refractivity contribution in [1.82, 2.24) is 5.16 Å². The van der Waals surface area contributed by atoms with Gasteiger partial charge in [-0.25, -0.2) is 8.42 Å². The van der Waals surface area contributed by atoms with Crippen LogP contribution in [0.2, 0.25) is 0 Å². The lowest BCUT2D eigenvalue weighted by atomic mass is 9.92. The summed E-state index contributed by atoms with van der Waals surface area (Å²) in [5, 5.41) is 3.81. The van der Waals surface area contributed by atoms with Crippen LogP contribution in [0.15, 0.2) is 10.6 Å². The van der Waals surface area contributed by atoms with Gasteiger partial charge in [-0.3, -0.25) is 0 Å². The monoisotopic (exact) mass is 343 g/mol. The van der Waals surface area contributed by atoms with Crippen molar-refractivity contribution >= 4 is 9.84 Å². The Morgan fingerprint density at radius 3 is 2.30 bits per heavy atom. The Hall–Kier alpha value is -0.880. The first-order valence-corrected chi connectivity index (χ1v) is 9.86. The van der Waals surface area contributed by atoms with Crippen molar-refractivity contribution in [3.05, 3.63) is 17.5 Å². The molecule has 0 bridgehead atoms. The average Bonchev–Trinajstić information content (AvgIpc) is 2.95. The molecule has 6 heteroatoms. The van der Waals surface area contributed by atoms with E-state index in [1.54, 1.807) is 0 Å². The minimum Gasteiger partial charge on any atom is -0.381 e. The van der Waals surface area contributed by atoms with Crippen molar-refractivity contribution in [2.75, 3.05) is 13.2 Å². The third-order valence-corrected chi connectivity index (χ3v) is 7.77. The van der Waals surface area contributed by atoms with Crippen molar-refractivity contribution in [3.8, 4) is 0 Å². The van der Waals surface area contributed by atoms with E-state index in [0.29, 0.717) is 38.9 Å². The van der Waals surface area contributed by atoms with Gasteiger partial charge in [0.05, 0.1) is 15.7 Å². The second kappa shape index (κ2) is 6.55. The molecule has 1 aliphatic rings. The molecule has 132 valence electrons. The molecule has 0 aliphatic carbocycles. The van der Waals surface area contributed by atoms with Crippen LogP contribution in [0.25, 0.3) is 0 Å². The molecule has 1 aliphatic heterocycles. The van der Waals surface area contributed by atoms with Crippen molar-refractivity contribution in [2.24, 2.45) is 0 Å². The summed E-state index contributed by atoms with van der Waals surface area (Å²) in [5.41, 5.74) is 0.837. The predicted molar refractivity (Wildman–Crippen MR) is 90.4 cm³/mol. The lowest BCUT2D eigenvalue weighted by Gasteiger charge is -2.32. The normalized spacial score (nSPS) is 18.3. The number of aryl methyl sites for hydroxylation is 1. The minimum atomic E-state index is -3.20. The number of aromatic nitrogens is 1. The van der Waals surface area contributed by atoms with E-state index in [1.165, 1.54) is 0 Å². The van der Waals surface area contributed by atoms with Crippen LogP contribution < -0.4 is 0 Å². The Balaban J connectivity index is 2.04. The molecule has 0 saturated carbocycles. The van der Waals surface area contributed by atoms with E-state index in [0.717, 1.165) is 11.5 Å². The molecular formula is C17H29NO4S. The highest BCUT2D eigenvalue weighted by molar-refractivity contribution is 7.93. The van der Waals surface area contributed by atoms with Crippen molar-refractivity contribution < 1.29 is 17.7 Å². The highest BCUT2D eigenvalue weighted by Crippen LogP contribution is 2.31. The number of sulfone groups is 1. The summed E-state index contributed by atoms with van der Waals surface area (Å²) >= 11 is 0. The SMILES string of the molecule is CC(C)(C)c1cc(CCC(C)(C)S(=O)(=O)C2CCOCC2)on1. The predicted octanol–water partition coefficient (Wildman–Crippen LogP) is 3.28. The number of rotatable bonds is 5. The first-order chi connectivity index (χ1) is 10.5. The molecule has 1 aromatic rings. The van der Waals surface area contributed by atoms with Crippen LogP contribution >= 0.6 is 0 Å². The van der Waals surface area contributed by atoms with Crippen molar-refractivity contribution in [1.29, 1.82) is 0 Å². The Morgan fingerprint density at radius 1 is 1.17 bits per heavy atom. The first kappa shape index (κ1) is 18.5. The topological polar surface area (TPSA) is 69.4 Å². The molecule has 0 atom stereocenters. The maximum atomic E-state index is 12.9. The van der Waals surface area contributed by atoms with E-state index in [2.05, 4.69) is 25.9 Å². The van der Waals surface area contributed by atoms with E-state index >= 15 is 0 Å². The maximum Gasteiger partial charge on any atom is 0.158 e. The highest BCUT2D eigenvalue weighted by Gasteiger charge is 2.41. The smallest absolute Gasteiger partial charge is 0.158 e. The molecule has 0 unspecified atom stereocenters. The van der Waals surface area contributed by atoms with Crippen LogP contribution in [-0.2, 0) is 26.4 Å². The fraction of sp³-hybridized carbons (Fsp3) is 0.824. The molecule has 0 spiro atoms. The first-order valence-electron chi connectivity index (χ1n) is 8.31. The molecule has 0 radical (unpaired) electrons. The molecule has 23 heavy (non-hydrogen) atoms. The largest absolute Gasteiger partial charge is 0.381 e. The van der Waals surface area contributed by atoms with E-state index in [4.69, 9.17) is 9.26 Å². The number of hydrogen-bond donors (Lipinski definition) is 0. The van der Waals surface area contributed by atoms with Gasteiger partial charge >= 0.3 is 0 Å². The van der Waals surface area contributed by atoms with Gasteiger partial charge in [0.2, 0.25) is 0 Å². The molecule has 2 rings (SSSR count). The zero-order chi connectivity index (χ0) is 17.3. The zero-order valence-electron chi connectivity index (χ0n) is 14.9. The summed E-state index contributed by atoms with van der Waals surface area (Å²) in [6.07, 6.45) is 2.31. The summed E-state index contributed by atoms with van der Waals surface area (Å²) in [6, 6.07) is 1.94. The minimum absolute atomic E-state index is 0.0640. The molecule has 5 nitrogen and oxygen atoms in total. The molecule has 0 aromatic carbocycles. The average molecular weight is 343 g/mol. The van der Waals surface area contributed by atoms with Crippen LogP contribution in [0.3, 0.4) is 0 Å². The van der Waals surface area contributed by atoms with Crippen LogP contribution in [0, 0.1) is 0 Å². The Kier molecular flexibility index (Phi) is 5.26. The van der Waals surface area contributed by atoms with Gasteiger partial charge < -0.3 is 9.26 Å². The van der Waals surface area contributed by atoms with Crippen LogP contribution in [0.5, 0.6) is 0 Å². The third-order valence-electron chi connectivity index (χ3n) is 4.68. The number of hydrogen-bond acceptors (Lipinski definition) is 5. The third kappa shape index (κ3) is 4.15. The number of nitrogens with zero attached hydrogens (tertiary/aromatic N) is 1. The Bertz CT molecular complexity index is 619. The second-order valence-electron chi connectivity index (χ2n) is 8.04. The van der Waals surface area contributed by atoms with Crippen molar-refractivity contribution in [3.63, 3.8) is 0 Å². The van der Waals surface area contributed by atoms with Gasteiger partial charge in [-0.2, -0.15) is 0 Å². The van der Waals surface area contributed by atoms with Gasteiger partial charge in [0.25, 0.3) is 0 Å². The summed E-state index contributed by atoms with van der Waals surface area (Å²) in [7, 11) is -3.20. The molecule has 0 N–H and O–H groups in total. The highest BCUT2D eigenvalue weighted by atomic mass is 32.2. The molecule has 0 amide bonds. The van der Waals surface area contributed by atoms with E-state index < -0.39 is 14.6 Å². The fourth-order valence-corrected chi connectivity index (χ4v) is 4.89. The van der Waals surface area contributed by atoms with Crippen molar-refractivity contribution in [2.45, 2.75) is 75.7 Å². The van der Waals surface area contributed by atoms with Gasteiger partial charge in [-0.1, -0.05) is 25.9 Å². The van der Waals surface area contributed by atoms with Crippen LogP contribution in [-0.4, -0.2) is 36.8 Å². The van der Waals surface area contributed by atoms with Gasteiger partial charge in [0.1, 0.15) is 5.76 Å². The summed E-state index contributed by atoms with van der Waals surface area (Å²) in [5.74, 6) is 0.755. The fourth-order valence-electron chi connectivity index (χ4n) is 2.79. The Morgan fingerprint density at radius 2 is 1.78 bits per heavy atom. The quantitative estimate of drug-likeness (QED) is 0.820. The van der Waals surface area contributed by atoms with Crippen LogP contribution in [0.4, 0.5) is 0 Å². The summed E-state index contributed by atoms with van der Waals surface area (Å²) in [6.45, 7) is 10.9. The van der Waals surface area contributed by atoms with Gasteiger partial charge in [-0.05, 0) is 33.1 Å². The summed E-state index contributed by atoms with van der Waals surface area (Å²) < 4.78 is 35.7. The van der Waals surface area contributed by atoms with Gasteiger partial charge in [0, 0.05) is 31.1 Å². The van der Waals surface area contributed by atoms with E-state index in [9.17, 15) is 8.42 Å². The standard InChI is InChI=1S/C17H29NO4S/c1-16(2,3)15-12-13(22-18-15)6-9-17(4,5)23(19,20)14-7-10-21-11-8-14/h12,14H,6-11H2,1-5H3. The molecule has 2 heterocycles. The van der Waals surface area contributed by atoms with E-state index in [-0.39, 0.29) is 10.7 Å². The zero-order valence-corrected chi connectivity index (χ0v) is 15.7. The summed E-state index contributed by atoms with van der Waals surface area (Å²) in [4.78, 5) is 0. The Labute approximate surface area is 139 Å². The molecule has 1 saturated heterocycles.